The number of hydrogen-bond acceptors (Lipinski definition) is 3. The van der Waals surface area contributed by atoms with Gasteiger partial charge in [0, 0.05) is 33.4 Å². The van der Waals surface area contributed by atoms with Crippen LogP contribution in [0.5, 0.6) is 0 Å². The van der Waals surface area contributed by atoms with Crippen molar-refractivity contribution in [3.05, 3.63) is 58.2 Å². The second-order valence-electron chi connectivity index (χ2n) is 6.43. The van der Waals surface area contributed by atoms with Crippen molar-refractivity contribution in [2.45, 2.75) is 19.0 Å². The molecule has 6 nitrogen and oxygen atoms in total. The summed E-state index contributed by atoms with van der Waals surface area (Å²) in [5.41, 5.74) is 0.568. The molecule has 31 heavy (non-hydrogen) atoms. The van der Waals surface area contributed by atoms with Gasteiger partial charge in [-0.05, 0) is 43.3 Å². The van der Waals surface area contributed by atoms with Crippen LogP contribution in [0.15, 0.2) is 42.6 Å². The first-order valence-corrected chi connectivity index (χ1v) is 9.73. The van der Waals surface area contributed by atoms with Crippen LogP contribution in [-0.4, -0.2) is 29.8 Å². The predicted octanol–water partition coefficient (Wildman–Crippen LogP) is 6.33. The highest BCUT2D eigenvalue weighted by molar-refractivity contribution is 6.36. The first kappa shape index (κ1) is 22.8. The zero-order chi connectivity index (χ0) is 22.8. The van der Waals surface area contributed by atoms with E-state index in [-0.39, 0.29) is 28.3 Å². The fourth-order valence-corrected chi connectivity index (χ4v) is 3.45. The highest BCUT2D eigenvalue weighted by Crippen LogP contribution is 2.39. The third-order valence-corrected chi connectivity index (χ3v) is 4.86. The van der Waals surface area contributed by atoms with Gasteiger partial charge in [-0.15, -0.1) is 0 Å². The van der Waals surface area contributed by atoms with Gasteiger partial charge in [0.25, 0.3) is 0 Å². The molecule has 11 heteroatoms. The van der Waals surface area contributed by atoms with Gasteiger partial charge in [-0.1, -0.05) is 23.2 Å². The third-order valence-electron chi connectivity index (χ3n) is 4.31. The van der Waals surface area contributed by atoms with Gasteiger partial charge < -0.3 is 20.4 Å². The standard InChI is InChI=1S/C20H16Cl2F3N3O3/c1-2-31-18(29)17(20(23,24)25)13-9-26-15-6-4-11(8-12(13)15)27-19(30)28-16-5-3-10(21)7-14(16)22/h3-9,17,26H,2H2,1H3,(H2,27,28,30). The number of rotatable bonds is 5. The normalized spacial score (nSPS) is 12.5. The van der Waals surface area contributed by atoms with E-state index in [9.17, 15) is 22.8 Å². The van der Waals surface area contributed by atoms with E-state index < -0.39 is 24.1 Å². The van der Waals surface area contributed by atoms with E-state index in [1.165, 1.54) is 43.3 Å². The van der Waals surface area contributed by atoms with Crippen LogP contribution in [0.3, 0.4) is 0 Å². The molecule has 3 N–H and O–H groups in total. The maximum atomic E-state index is 13.6. The molecule has 1 heterocycles. The van der Waals surface area contributed by atoms with Crippen LogP contribution in [-0.2, 0) is 9.53 Å². The number of H-pyrrole nitrogens is 1. The number of halogens is 5. The summed E-state index contributed by atoms with van der Waals surface area (Å²) in [5.74, 6) is -3.86. The lowest BCUT2D eigenvalue weighted by atomic mass is 9.97. The maximum absolute atomic E-state index is 13.6. The molecule has 1 unspecified atom stereocenters. The monoisotopic (exact) mass is 473 g/mol. The number of carbonyl (C=O) groups excluding carboxylic acids is 2. The number of alkyl halides is 3. The molecule has 0 aliphatic heterocycles. The average molecular weight is 474 g/mol. The molecule has 0 spiro atoms. The van der Waals surface area contributed by atoms with Crippen molar-refractivity contribution in [1.82, 2.24) is 4.98 Å². The molecule has 2 aromatic carbocycles. The van der Waals surface area contributed by atoms with Crippen molar-refractivity contribution in [2.24, 2.45) is 0 Å². The summed E-state index contributed by atoms with van der Waals surface area (Å²) in [6, 6.07) is 8.14. The number of carbonyl (C=O) groups is 2. The van der Waals surface area contributed by atoms with Crippen molar-refractivity contribution in [1.29, 1.82) is 0 Å². The SMILES string of the molecule is CCOC(=O)C(c1c[nH]c2ccc(NC(=O)Nc3ccc(Cl)cc3Cl)cc12)C(F)(F)F. The Balaban J connectivity index is 1.88. The summed E-state index contributed by atoms with van der Waals surface area (Å²) in [5, 5.41) is 5.77. The maximum Gasteiger partial charge on any atom is 0.406 e. The molecular formula is C20H16Cl2F3N3O3. The lowest BCUT2D eigenvalue weighted by Crippen LogP contribution is -2.30. The number of benzene rings is 2. The number of esters is 1. The molecule has 0 saturated carbocycles. The first-order valence-electron chi connectivity index (χ1n) is 8.97. The van der Waals surface area contributed by atoms with Crippen molar-refractivity contribution in [3.8, 4) is 0 Å². The van der Waals surface area contributed by atoms with Crippen LogP contribution in [0.25, 0.3) is 10.9 Å². The van der Waals surface area contributed by atoms with Crippen molar-refractivity contribution < 1.29 is 27.5 Å². The summed E-state index contributed by atoms with van der Waals surface area (Å²) in [4.78, 5) is 27.0. The molecule has 0 aliphatic rings. The van der Waals surface area contributed by atoms with Crippen LogP contribution in [0.2, 0.25) is 10.0 Å². The van der Waals surface area contributed by atoms with Crippen LogP contribution in [0, 0.1) is 0 Å². The fourth-order valence-electron chi connectivity index (χ4n) is 3.00. The van der Waals surface area contributed by atoms with Gasteiger partial charge in [-0.25, -0.2) is 4.79 Å². The predicted molar refractivity (Wildman–Crippen MR) is 113 cm³/mol. The van der Waals surface area contributed by atoms with E-state index in [2.05, 4.69) is 20.4 Å². The molecule has 0 bridgehead atoms. The van der Waals surface area contributed by atoms with E-state index in [1.807, 2.05) is 0 Å². The Kier molecular flexibility index (Phi) is 6.66. The van der Waals surface area contributed by atoms with Gasteiger partial charge in [-0.2, -0.15) is 13.2 Å². The minimum Gasteiger partial charge on any atom is -0.465 e. The second-order valence-corrected chi connectivity index (χ2v) is 7.28. The molecule has 1 aromatic heterocycles. The average Bonchev–Trinajstić information content (AvgIpc) is 3.06. The topological polar surface area (TPSA) is 83.2 Å². The number of urea groups is 1. The number of ether oxygens (including phenoxy) is 1. The molecule has 0 fully saturated rings. The summed E-state index contributed by atoms with van der Waals surface area (Å²) in [6.45, 7) is 1.24. The zero-order valence-electron chi connectivity index (χ0n) is 15.9. The minimum atomic E-state index is -4.85. The van der Waals surface area contributed by atoms with Gasteiger partial charge in [0.2, 0.25) is 0 Å². The molecule has 0 saturated heterocycles. The lowest BCUT2D eigenvalue weighted by molar-refractivity contribution is -0.180. The Hall–Kier alpha value is -2.91. The number of aromatic amines is 1. The highest BCUT2D eigenvalue weighted by Gasteiger charge is 2.48. The van der Waals surface area contributed by atoms with Crippen LogP contribution < -0.4 is 10.6 Å². The van der Waals surface area contributed by atoms with Gasteiger partial charge in [-0.3, -0.25) is 4.79 Å². The second kappa shape index (κ2) is 9.07. The zero-order valence-corrected chi connectivity index (χ0v) is 17.5. The number of fused-ring (bicyclic) bond motifs is 1. The summed E-state index contributed by atoms with van der Waals surface area (Å²) >= 11 is 11.8. The Labute approximate surface area is 184 Å². The van der Waals surface area contributed by atoms with E-state index in [1.54, 1.807) is 0 Å². The molecule has 164 valence electrons. The van der Waals surface area contributed by atoms with E-state index >= 15 is 0 Å². The van der Waals surface area contributed by atoms with Crippen molar-refractivity contribution >= 4 is 57.5 Å². The van der Waals surface area contributed by atoms with Gasteiger partial charge >= 0.3 is 18.2 Å². The number of hydrogen-bond donors (Lipinski definition) is 3. The Morgan fingerprint density at radius 1 is 1.13 bits per heavy atom. The van der Waals surface area contributed by atoms with Crippen LogP contribution in [0.1, 0.15) is 18.4 Å². The van der Waals surface area contributed by atoms with Crippen molar-refractivity contribution in [2.75, 3.05) is 17.2 Å². The molecule has 0 aliphatic carbocycles. The number of amides is 2. The van der Waals surface area contributed by atoms with E-state index in [0.717, 1.165) is 6.20 Å². The van der Waals surface area contributed by atoms with Crippen LogP contribution >= 0.6 is 23.2 Å². The van der Waals surface area contributed by atoms with Crippen LogP contribution in [0.4, 0.5) is 29.3 Å². The molecule has 3 rings (SSSR count). The summed E-state index contributed by atoms with van der Waals surface area (Å²) < 4.78 is 45.4. The third kappa shape index (κ3) is 5.23. The fraction of sp³-hybridized carbons (Fsp3) is 0.200. The largest absolute Gasteiger partial charge is 0.465 e. The molecule has 0 radical (unpaired) electrons. The summed E-state index contributed by atoms with van der Waals surface area (Å²) in [6.07, 6.45) is -3.75. The Morgan fingerprint density at radius 2 is 1.87 bits per heavy atom. The molecular weight excluding hydrogens is 458 g/mol. The highest BCUT2D eigenvalue weighted by atomic mass is 35.5. The summed E-state index contributed by atoms with van der Waals surface area (Å²) in [7, 11) is 0. The number of aromatic nitrogens is 1. The van der Waals surface area contributed by atoms with Gasteiger partial charge in [0.05, 0.1) is 17.3 Å². The molecule has 2 amide bonds. The molecule has 3 aromatic rings. The minimum absolute atomic E-state index is 0.123. The van der Waals surface area contributed by atoms with Crippen molar-refractivity contribution in [3.63, 3.8) is 0 Å². The van der Waals surface area contributed by atoms with Gasteiger partial charge in [0.1, 0.15) is 0 Å². The Bertz CT molecular complexity index is 1130. The number of anilines is 2. The quantitative estimate of drug-likeness (QED) is 0.378. The van der Waals surface area contributed by atoms with E-state index in [4.69, 9.17) is 23.2 Å². The Morgan fingerprint density at radius 3 is 2.52 bits per heavy atom. The van der Waals surface area contributed by atoms with Gasteiger partial charge in [0.15, 0.2) is 5.92 Å². The number of nitrogens with one attached hydrogen (secondary N) is 3. The van der Waals surface area contributed by atoms with E-state index in [0.29, 0.717) is 16.2 Å². The first-order chi connectivity index (χ1) is 14.6. The molecule has 1 atom stereocenters. The lowest BCUT2D eigenvalue weighted by Gasteiger charge is -2.18. The smallest absolute Gasteiger partial charge is 0.406 e.